The van der Waals surface area contributed by atoms with E-state index in [2.05, 4.69) is 49.6 Å². The summed E-state index contributed by atoms with van der Waals surface area (Å²) < 4.78 is 0. The van der Waals surface area contributed by atoms with E-state index in [0.717, 1.165) is 19.0 Å². The van der Waals surface area contributed by atoms with Crippen LogP contribution in [0.25, 0.3) is 0 Å². The number of likely N-dealkylation sites (tertiary alicyclic amines) is 1. The molecule has 21 heavy (non-hydrogen) atoms. The first-order valence-electron chi connectivity index (χ1n) is 8.61. The minimum Gasteiger partial charge on any atom is -0.357 e. The van der Waals surface area contributed by atoms with Gasteiger partial charge in [0.15, 0.2) is 0 Å². The molecule has 1 fully saturated rings. The van der Waals surface area contributed by atoms with Crippen LogP contribution in [0, 0.1) is 5.92 Å². The molecule has 1 aromatic heterocycles. The Labute approximate surface area is 130 Å². The highest BCUT2D eigenvalue weighted by Crippen LogP contribution is 2.35. The summed E-state index contributed by atoms with van der Waals surface area (Å²) in [4.78, 5) is 9.77. The minimum absolute atomic E-state index is 0.547. The van der Waals surface area contributed by atoms with E-state index >= 15 is 0 Å². The third-order valence-corrected chi connectivity index (χ3v) is 4.45. The van der Waals surface area contributed by atoms with Crippen molar-refractivity contribution in [3.63, 3.8) is 0 Å². The fourth-order valence-electron chi connectivity index (χ4n) is 3.49. The van der Waals surface area contributed by atoms with Gasteiger partial charge in [0.25, 0.3) is 0 Å². The van der Waals surface area contributed by atoms with Crippen LogP contribution < -0.4 is 4.90 Å². The second-order valence-electron chi connectivity index (χ2n) is 6.49. The average Bonchev–Trinajstić information content (AvgIpc) is 2.49. The summed E-state index contributed by atoms with van der Waals surface area (Å²) in [5.41, 5.74) is 1.43. The summed E-state index contributed by atoms with van der Waals surface area (Å²) in [5.74, 6) is 1.92. The van der Waals surface area contributed by atoms with Crippen molar-refractivity contribution in [2.45, 2.75) is 53.0 Å². The number of hydrogen-bond donors (Lipinski definition) is 0. The number of rotatable bonds is 6. The van der Waals surface area contributed by atoms with Crippen molar-refractivity contribution < 1.29 is 0 Å². The lowest BCUT2D eigenvalue weighted by Gasteiger charge is -2.38. The fourth-order valence-corrected chi connectivity index (χ4v) is 3.49. The zero-order valence-electron chi connectivity index (χ0n) is 14.2. The molecule has 3 heteroatoms. The molecule has 0 bridgehead atoms. The Hall–Kier alpha value is -1.09. The number of nitrogens with zero attached hydrogens (tertiary/aromatic N) is 3. The van der Waals surface area contributed by atoms with E-state index in [1.54, 1.807) is 0 Å². The van der Waals surface area contributed by atoms with Crippen LogP contribution in [0.1, 0.15) is 58.6 Å². The Kier molecular flexibility index (Phi) is 6.04. The highest BCUT2D eigenvalue weighted by molar-refractivity contribution is 5.48. The standard InChI is InChI=1S/C18H31N3/c1-5-20(6-2)18-16(10-9-12-19-18)17-11-7-8-13-21(17)14-15(3)4/h9-10,12,15,17H,5-8,11,13-14H2,1-4H3/t17-/m1/s1. The highest BCUT2D eigenvalue weighted by atomic mass is 15.2. The van der Waals surface area contributed by atoms with Gasteiger partial charge in [0, 0.05) is 37.4 Å². The van der Waals surface area contributed by atoms with Crippen molar-refractivity contribution in [1.29, 1.82) is 0 Å². The second kappa shape index (κ2) is 7.79. The first-order chi connectivity index (χ1) is 10.2. The third-order valence-electron chi connectivity index (χ3n) is 4.45. The van der Waals surface area contributed by atoms with Gasteiger partial charge in [-0.3, -0.25) is 4.90 Å². The van der Waals surface area contributed by atoms with E-state index in [0.29, 0.717) is 6.04 Å². The second-order valence-corrected chi connectivity index (χ2v) is 6.49. The maximum Gasteiger partial charge on any atom is 0.133 e. The van der Waals surface area contributed by atoms with E-state index in [1.807, 2.05) is 6.20 Å². The molecule has 1 aliphatic heterocycles. The number of anilines is 1. The SMILES string of the molecule is CCN(CC)c1ncccc1[C@H]1CCCCN1CC(C)C. The molecule has 0 saturated carbocycles. The lowest BCUT2D eigenvalue weighted by atomic mass is 9.94. The predicted octanol–water partition coefficient (Wildman–Crippen LogP) is 4.11. The van der Waals surface area contributed by atoms with Crippen molar-refractivity contribution in [3.05, 3.63) is 23.9 Å². The van der Waals surface area contributed by atoms with Crippen molar-refractivity contribution in [2.24, 2.45) is 5.92 Å². The maximum absolute atomic E-state index is 4.71. The zero-order valence-corrected chi connectivity index (χ0v) is 14.2. The molecule has 0 radical (unpaired) electrons. The largest absolute Gasteiger partial charge is 0.357 e. The summed E-state index contributed by atoms with van der Waals surface area (Å²) in [6.07, 6.45) is 5.88. The molecule has 0 aromatic carbocycles. The van der Waals surface area contributed by atoms with E-state index in [1.165, 1.54) is 43.7 Å². The van der Waals surface area contributed by atoms with Gasteiger partial charge in [-0.15, -0.1) is 0 Å². The van der Waals surface area contributed by atoms with Gasteiger partial charge in [-0.1, -0.05) is 26.3 Å². The average molecular weight is 289 g/mol. The predicted molar refractivity (Wildman–Crippen MR) is 90.8 cm³/mol. The molecule has 1 aliphatic rings. The molecule has 1 atom stereocenters. The molecule has 1 saturated heterocycles. The quantitative estimate of drug-likeness (QED) is 0.785. The Balaban J connectivity index is 2.29. The zero-order chi connectivity index (χ0) is 15.2. The lowest BCUT2D eigenvalue weighted by Crippen LogP contribution is -2.37. The molecule has 0 unspecified atom stereocenters. The molecule has 118 valence electrons. The molecule has 0 aliphatic carbocycles. The fraction of sp³-hybridized carbons (Fsp3) is 0.722. The van der Waals surface area contributed by atoms with Gasteiger partial charge in [0.2, 0.25) is 0 Å². The Morgan fingerprint density at radius 1 is 1.29 bits per heavy atom. The van der Waals surface area contributed by atoms with Gasteiger partial charge >= 0.3 is 0 Å². The minimum atomic E-state index is 0.547. The van der Waals surface area contributed by atoms with E-state index < -0.39 is 0 Å². The normalized spacial score (nSPS) is 20.0. The van der Waals surface area contributed by atoms with Crippen molar-refractivity contribution in [3.8, 4) is 0 Å². The Bertz CT molecular complexity index is 426. The topological polar surface area (TPSA) is 19.4 Å². The van der Waals surface area contributed by atoms with E-state index in [9.17, 15) is 0 Å². The van der Waals surface area contributed by atoms with Gasteiger partial charge in [0.1, 0.15) is 5.82 Å². The first kappa shape index (κ1) is 16.3. The van der Waals surface area contributed by atoms with E-state index in [4.69, 9.17) is 4.98 Å². The molecule has 3 nitrogen and oxygen atoms in total. The van der Waals surface area contributed by atoms with Gasteiger partial charge in [-0.05, 0) is 45.2 Å². The van der Waals surface area contributed by atoms with Crippen LogP contribution in [0.2, 0.25) is 0 Å². The number of pyridine rings is 1. The monoisotopic (exact) mass is 289 g/mol. The van der Waals surface area contributed by atoms with Crippen LogP contribution in [0.15, 0.2) is 18.3 Å². The van der Waals surface area contributed by atoms with Crippen molar-refractivity contribution in [1.82, 2.24) is 9.88 Å². The van der Waals surface area contributed by atoms with Gasteiger partial charge in [-0.25, -0.2) is 4.98 Å². The number of piperidine rings is 1. The summed E-state index contributed by atoms with van der Waals surface area (Å²) >= 11 is 0. The number of aromatic nitrogens is 1. The van der Waals surface area contributed by atoms with Crippen LogP contribution >= 0.6 is 0 Å². The summed E-state index contributed by atoms with van der Waals surface area (Å²) in [6, 6.07) is 4.94. The summed E-state index contributed by atoms with van der Waals surface area (Å²) in [7, 11) is 0. The van der Waals surface area contributed by atoms with E-state index in [-0.39, 0.29) is 0 Å². The Morgan fingerprint density at radius 3 is 2.71 bits per heavy atom. The molecule has 0 spiro atoms. The van der Waals surface area contributed by atoms with Gasteiger partial charge in [-0.2, -0.15) is 0 Å². The maximum atomic E-state index is 4.71. The van der Waals surface area contributed by atoms with Crippen LogP contribution in [0.3, 0.4) is 0 Å². The number of hydrogen-bond acceptors (Lipinski definition) is 3. The first-order valence-corrected chi connectivity index (χ1v) is 8.61. The van der Waals surface area contributed by atoms with Gasteiger partial charge < -0.3 is 4.90 Å². The lowest BCUT2D eigenvalue weighted by molar-refractivity contribution is 0.132. The summed E-state index contributed by atoms with van der Waals surface area (Å²) in [5, 5.41) is 0. The third kappa shape index (κ3) is 3.97. The van der Waals surface area contributed by atoms with Crippen LogP contribution in [0.4, 0.5) is 5.82 Å². The smallest absolute Gasteiger partial charge is 0.133 e. The molecule has 0 N–H and O–H groups in total. The van der Waals surface area contributed by atoms with Crippen LogP contribution in [-0.2, 0) is 0 Å². The molecule has 1 aromatic rings. The van der Waals surface area contributed by atoms with Crippen molar-refractivity contribution >= 4 is 5.82 Å². The molecule has 2 rings (SSSR count). The van der Waals surface area contributed by atoms with Crippen LogP contribution in [0.5, 0.6) is 0 Å². The molecular weight excluding hydrogens is 258 g/mol. The molecular formula is C18H31N3. The Morgan fingerprint density at radius 2 is 2.05 bits per heavy atom. The molecule has 0 amide bonds. The van der Waals surface area contributed by atoms with Crippen molar-refractivity contribution in [2.75, 3.05) is 31.1 Å². The highest BCUT2D eigenvalue weighted by Gasteiger charge is 2.27. The van der Waals surface area contributed by atoms with Gasteiger partial charge in [0.05, 0.1) is 0 Å². The summed E-state index contributed by atoms with van der Waals surface area (Å²) in [6.45, 7) is 13.5. The van der Waals surface area contributed by atoms with Crippen LogP contribution in [-0.4, -0.2) is 36.1 Å². The molecule has 2 heterocycles.